The van der Waals surface area contributed by atoms with E-state index in [4.69, 9.17) is 0 Å². The third kappa shape index (κ3) is 7.13. The van der Waals surface area contributed by atoms with Crippen molar-refractivity contribution in [2.75, 3.05) is 0 Å². The molecule has 0 saturated carbocycles. The number of fused-ring (bicyclic) bond motifs is 6. The van der Waals surface area contributed by atoms with Gasteiger partial charge >= 0.3 is 6.18 Å². The van der Waals surface area contributed by atoms with Gasteiger partial charge in [-0.1, -0.05) is 109 Å². The van der Waals surface area contributed by atoms with E-state index in [9.17, 15) is 23.7 Å². The van der Waals surface area contributed by atoms with Crippen LogP contribution in [-0.4, -0.2) is 19.1 Å². The second-order valence-corrected chi connectivity index (χ2v) is 17.2. The van der Waals surface area contributed by atoms with Crippen LogP contribution in [0.1, 0.15) is 16.7 Å². The maximum atomic E-state index is 14.8. The Morgan fingerprint density at radius 2 is 0.871 bits per heavy atom. The molecule has 9 heteroatoms. The summed E-state index contributed by atoms with van der Waals surface area (Å²) in [5, 5.41) is 25.0. The van der Waals surface area contributed by atoms with Crippen molar-refractivity contribution >= 4 is 43.6 Å². The van der Waals surface area contributed by atoms with Crippen LogP contribution in [0.3, 0.4) is 0 Å². The number of nitrogens with zero attached hydrogens (tertiary/aromatic N) is 6. The molecule has 0 aliphatic rings. The van der Waals surface area contributed by atoms with Crippen LogP contribution in [0.15, 0.2) is 213 Å². The predicted molar refractivity (Wildman–Crippen MR) is 272 cm³/mol. The first-order valence-corrected chi connectivity index (χ1v) is 22.6. The van der Waals surface area contributed by atoms with E-state index < -0.39 is 11.7 Å². The van der Waals surface area contributed by atoms with E-state index in [1.165, 1.54) is 6.07 Å². The first kappa shape index (κ1) is 41.8. The summed E-state index contributed by atoms with van der Waals surface area (Å²) in [5.41, 5.74) is 11.5. The molecule has 4 aromatic heterocycles. The van der Waals surface area contributed by atoms with Gasteiger partial charge in [-0.25, -0.2) is 0 Å². The molecule has 0 saturated heterocycles. The van der Waals surface area contributed by atoms with Crippen LogP contribution in [-0.2, 0) is 6.18 Å². The van der Waals surface area contributed by atoms with Crippen LogP contribution in [0.25, 0.3) is 111 Å². The molecule has 6 nitrogen and oxygen atoms in total. The number of nitriles is 2. The summed E-state index contributed by atoms with van der Waals surface area (Å²) >= 11 is 0. The van der Waals surface area contributed by atoms with Gasteiger partial charge in [0.05, 0.1) is 67.6 Å². The fourth-order valence-electron chi connectivity index (χ4n) is 9.86. The molecule has 330 valence electrons. The van der Waals surface area contributed by atoms with Crippen molar-refractivity contribution in [2.24, 2.45) is 0 Å². The molecule has 0 spiro atoms. The van der Waals surface area contributed by atoms with E-state index in [2.05, 4.69) is 40.3 Å². The SMILES string of the molecule is N#Cc1cc(-c2cc(-n3c4ccccc4c4cc(-c5ccnc(-c6ccccc6)c5)ccc43)c(C#N)cc2-n2c3ccccc3c3cc(-c4ccnc(-c5ccccc5)c4)ccc32)cc(C(F)(F)F)c1. The van der Waals surface area contributed by atoms with Gasteiger partial charge < -0.3 is 9.13 Å². The maximum Gasteiger partial charge on any atom is 0.416 e. The molecule has 0 bridgehead atoms. The Kier molecular flexibility index (Phi) is 9.94. The largest absolute Gasteiger partial charge is 0.416 e. The molecule has 0 unspecified atom stereocenters. The van der Waals surface area contributed by atoms with Gasteiger partial charge in [-0.3, -0.25) is 9.97 Å². The number of hydrogen-bond acceptors (Lipinski definition) is 4. The summed E-state index contributed by atoms with van der Waals surface area (Å²) in [4.78, 5) is 9.28. The average Bonchev–Trinajstić information content (AvgIpc) is 3.92. The summed E-state index contributed by atoms with van der Waals surface area (Å²) in [6.45, 7) is 0. The molecule has 0 fully saturated rings. The van der Waals surface area contributed by atoms with Crippen LogP contribution in [0, 0.1) is 22.7 Å². The minimum atomic E-state index is -4.74. The normalized spacial score (nSPS) is 11.6. The van der Waals surface area contributed by atoms with E-state index in [1.54, 1.807) is 24.5 Å². The molecule has 0 aliphatic carbocycles. The van der Waals surface area contributed by atoms with Gasteiger partial charge in [0.25, 0.3) is 0 Å². The lowest BCUT2D eigenvalue weighted by Gasteiger charge is -2.20. The number of benzene rings is 8. The average molecular weight is 909 g/mol. The Morgan fingerprint density at radius 1 is 0.386 bits per heavy atom. The van der Waals surface area contributed by atoms with Crippen LogP contribution >= 0.6 is 0 Å². The Balaban J connectivity index is 1.10. The minimum Gasteiger partial charge on any atom is -0.309 e. The molecular formula is C61H35F3N6. The molecular weight excluding hydrogens is 874 g/mol. The lowest BCUT2D eigenvalue weighted by atomic mass is 9.95. The van der Waals surface area contributed by atoms with E-state index in [0.29, 0.717) is 22.5 Å². The van der Waals surface area contributed by atoms with Crippen LogP contribution in [0.4, 0.5) is 13.2 Å². The zero-order chi connectivity index (χ0) is 47.5. The van der Waals surface area contributed by atoms with Crippen molar-refractivity contribution in [3.63, 3.8) is 0 Å². The van der Waals surface area contributed by atoms with Gasteiger partial charge in [0.15, 0.2) is 0 Å². The van der Waals surface area contributed by atoms with E-state index in [1.807, 2.05) is 161 Å². The molecule has 0 amide bonds. The third-order valence-electron chi connectivity index (χ3n) is 13.1. The highest BCUT2D eigenvalue weighted by Gasteiger charge is 2.32. The summed E-state index contributed by atoms with van der Waals surface area (Å²) in [7, 11) is 0. The monoisotopic (exact) mass is 908 g/mol. The topological polar surface area (TPSA) is 83.2 Å². The van der Waals surface area contributed by atoms with Crippen molar-refractivity contribution in [1.29, 1.82) is 10.5 Å². The second kappa shape index (κ2) is 16.6. The standard InChI is InChI=1S/C61H35F3N6/c62-61(63,64)47-28-38(36-65)27-45(29-47)50-35-59(69-55-17-9-7-15-48(55)51-30-41(19-21-57(51)69)43-23-25-67-53(32-43)39-11-3-1-4-12-39)46(37-66)34-60(50)70-56-18-10-8-16-49(56)52-31-42(20-22-58(52)70)44-24-26-68-54(33-44)40-13-5-2-6-14-40/h1-35H. The molecule has 12 rings (SSSR count). The van der Waals surface area contributed by atoms with Crippen molar-refractivity contribution in [3.8, 4) is 79.4 Å². The zero-order valence-corrected chi connectivity index (χ0v) is 37.0. The first-order chi connectivity index (χ1) is 34.2. The van der Waals surface area contributed by atoms with Crippen LogP contribution in [0.2, 0.25) is 0 Å². The van der Waals surface area contributed by atoms with Crippen molar-refractivity contribution in [2.45, 2.75) is 6.18 Å². The first-order valence-electron chi connectivity index (χ1n) is 22.6. The van der Waals surface area contributed by atoms with Crippen molar-refractivity contribution < 1.29 is 13.2 Å². The number of rotatable bonds is 7. The van der Waals surface area contributed by atoms with Gasteiger partial charge in [-0.2, -0.15) is 23.7 Å². The molecule has 0 N–H and O–H groups in total. The lowest BCUT2D eigenvalue weighted by molar-refractivity contribution is -0.137. The molecule has 70 heavy (non-hydrogen) atoms. The summed E-state index contributed by atoms with van der Waals surface area (Å²) in [6.07, 6.45) is -1.14. The van der Waals surface area contributed by atoms with Gasteiger partial charge in [0, 0.05) is 50.6 Å². The number of para-hydroxylation sites is 2. The number of hydrogen-bond donors (Lipinski definition) is 0. The highest BCUT2D eigenvalue weighted by molar-refractivity contribution is 6.12. The maximum absolute atomic E-state index is 14.8. The van der Waals surface area contributed by atoms with Crippen LogP contribution in [0.5, 0.6) is 0 Å². The van der Waals surface area contributed by atoms with Gasteiger partial charge in [-0.15, -0.1) is 0 Å². The molecule has 0 aliphatic heterocycles. The number of aromatic nitrogens is 4. The fourth-order valence-corrected chi connectivity index (χ4v) is 9.86. The number of alkyl halides is 3. The zero-order valence-electron chi connectivity index (χ0n) is 37.0. The van der Waals surface area contributed by atoms with Crippen molar-refractivity contribution in [1.82, 2.24) is 19.1 Å². The third-order valence-corrected chi connectivity index (χ3v) is 13.1. The summed E-state index contributed by atoms with van der Waals surface area (Å²) in [5.74, 6) is 0. The molecule has 0 radical (unpaired) electrons. The van der Waals surface area contributed by atoms with Gasteiger partial charge in [0.2, 0.25) is 0 Å². The van der Waals surface area contributed by atoms with Crippen molar-refractivity contribution in [3.05, 3.63) is 229 Å². The second-order valence-electron chi connectivity index (χ2n) is 17.2. The van der Waals surface area contributed by atoms with Gasteiger partial charge in [0.1, 0.15) is 6.07 Å². The Bertz CT molecular complexity index is 4140. The Hall–Kier alpha value is -9.57. The molecule has 4 heterocycles. The highest BCUT2D eigenvalue weighted by Crippen LogP contribution is 2.44. The number of halogens is 3. The molecule has 12 aromatic rings. The van der Waals surface area contributed by atoms with Gasteiger partial charge in [-0.05, 0) is 119 Å². The molecule has 0 atom stereocenters. The summed E-state index contributed by atoms with van der Waals surface area (Å²) < 4.78 is 48.3. The van der Waals surface area contributed by atoms with E-state index >= 15 is 0 Å². The Labute approximate surface area is 399 Å². The summed E-state index contributed by atoms with van der Waals surface area (Å²) in [6, 6.07) is 67.7. The Morgan fingerprint density at radius 3 is 1.39 bits per heavy atom. The van der Waals surface area contributed by atoms with E-state index in [-0.39, 0.29) is 11.1 Å². The number of pyridine rings is 2. The minimum absolute atomic E-state index is 0.142. The predicted octanol–water partition coefficient (Wildman–Crippen LogP) is 15.8. The smallest absolute Gasteiger partial charge is 0.309 e. The fraction of sp³-hybridized carbons (Fsp3) is 0.0164. The van der Waals surface area contributed by atoms with E-state index in [0.717, 1.165) is 101 Å². The molecule has 8 aromatic carbocycles. The lowest BCUT2D eigenvalue weighted by Crippen LogP contribution is -2.07. The van der Waals surface area contributed by atoms with Crippen LogP contribution < -0.4 is 0 Å². The quantitative estimate of drug-likeness (QED) is 0.159. The highest BCUT2D eigenvalue weighted by atomic mass is 19.4.